The predicted molar refractivity (Wildman–Crippen MR) is 91.1 cm³/mol. The van der Waals surface area contributed by atoms with Crippen molar-refractivity contribution in [2.75, 3.05) is 6.54 Å². The number of aryl methyl sites for hydroxylation is 2. The molecule has 0 spiro atoms. The maximum atomic E-state index is 12.7. The van der Waals surface area contributed by atoms with E-state index in [2.05, 4.69) is 39.5 Å². The third-order valence-electron chi connectivity index (χ3n) is 4.35. The lowest BCUT2D eigenvalue weighted by molar-refractivity contribution is 0.0784. The van der Waals surface area contributed by atoms with Crippen LogP contribution in [-0.2, 0) is 0 Å². The van der Waals surface area contributed by atoms with Gasteiger partial charge in [-0.05, 0) is 64.8 Å². The number of hydrogen-bond acceptors (Lipinski definition) is 2. The van der Waals surface area contributed by atoms with Crippen LogP contribution in [0.4, 0.5) is 0 Å². The van der Waals surface area contributed by atoms with Crippen LogP contribution in [-0.4, -0.2) is 29.3 Å². The number of ketones is 1. The van der Waals surface area contributed by atoms with E-state index in [0.29, 0.717) is 6.04 Å². The highest BCUT2D eigenvalue weighted by atomic mass is 16.1. The molecule has 0 fully saturated rings. The molecular formula is C19H31NO. The van der Waals surface area contributed by atoms with Crippen LogP contribution in [0.2, 0.25) is 0 Å². The first-order valence-electron chi connectivity index (χ1n) is 8.25. The molecule has 1 unspecified atom stereocenters. The molecule has 0 aliphatic carbocycles. The number of Topliss-reactive ketones (excluding diaryl/α,β-unsaturated/α-hetero) is 1. The van der Waals surface area contributed by atoms with Crippen LogP contribution < -0.4 is 0 Å². The molecule has 0 heterocycles. The van der Waals surface area contributed by atoms with Gasteiger partial charge in [-0.2, -0.15) is 0 Å². The average molecular weight is 289 g/mol. The molecule has 1 atom stereocenters. The van der Waals surface area contributed by atoms with E-state index in [1.165, 1.54) is 30.4 Å². The van der Waals surface area contributed by atoms with Gasteiger partial charge < -0.3 is 0 Å². The molecule has 0 bridgehead atoms. The maximum absolute atomic E-state index is 12.7. The van der Waals surface area contributed by atoms with Gasteiger partial charge in [0, 0.05) is 11.6 Å². The zero-order chi connectivity index (χ0) is 16.0. The normalized spacial score (nSPS) is 13.0. The second-order valence-corrected chi connectivity index (χ2v) is 6.38. The number of carbonyl (C=O) groups excluding carboxylic acids is 1. The standard InChI is InChI=1S/C19H31NO/c1-7-8-9-12-20(14(2)3)17(6)19(21)18-11-10-15(4)16(5)13-18/h10-11,13-14,17H,7-9,12H2,1-6H3. The van der Waals surface area contributed by atoms with Crippen LogP contribution in [0.1, 0.15) is 68.4 Å². The van der Waals surface area contributed by atoms with Crippen molar-refractivity contribution in [2.45, 2.75) is 72.9 Å². The first-order valence-corrected chi connectivity index (χ1v) is 8.25. The highest BCUT2D eigenvalue weighted by Gasteiger charge is 2.24. The van der Waals surface area contributed by atoms with Crippen molar-refractivity contribution in [1.29, 1.82) is 0 Å². The van der Waals surface area contributed by atoms with E-state index in [4.69, 9.17) is 0 Å². The number of benzene rings is 1. The molecule has 0 aliphatic heterocycles. The first kappa shape index (κ1) is 17.9. The number of hydrogen-bond donors (Lipinski definition) is 0. The minimum Gasteiger partial charge on any atom is -0.292 e. The fourth-order valence-electron chi connectivity index (χ4n) is 2.73. The molecule has 21 heavy (non-hydrogen) atoms. The molecule has 2 heteroatoms. The lowest BCUT2D eigenvalue weighted by Crippen LogP contribution is -2.44. The lowest BCUT2D eigenvalue weighted by atomic mass is 9.98. The topological polar surface area (TPSA) is 20.3 Å². The van der Waals surface area contributed by atoms with E-state index in [9.17, 15) is 4.79 Å². The molecule has 1 rings (SSSR count). The van der Waals surface area contributed by atoms with Crippen LogP contribution in [0.15, 0.2) is 18.2 Å². The van der Waals surface area contributed by atoms with Crippen molar-refractivity contribution in [3.05, 3.63) is 34.9 Å². The van der Waals surface area contributed by atoms with Crippen molar-refractivity contribution >= 4 is 5.78 Å². The minimum atomic E-state index is -0.0519. The Balaban J connectivity index is 2.83. The van der Waals surface area contributed by atoms with Gasteiger partial charge in [-0.3, -0.25) is 9.69 Å². The van der Waals surface area contributed by atoms with E-state index < -0.39 is 0 Å². The van der Waals surface area contributed by atoms with Gasteiger partial charge in [0.2, 0.25) is 0 Å². The van der Waals surface area contributed by atoms with Crippen molar-refractivity contribution in [1.82, 2.24) is 4.90 Å². The van der Waals surface area contributed by atoms with Crippen LogP contribution in [0, 0.1) is 13.8 Å². The smallest absolute Gasteiger partial charge is 0.179 e. The van der Waals surface area contributed by atoms with E-state index in [-0.39, 0.29) is 11.8 Å². The summed E-state index contributed by atoms with van der Waals surface area (Å²) in [5.41, 5.74) is 3.27. The van der Waals surface area contributed by atoms with Gasteiger partial charge in [0.15, 0.2) is 5.78 Å². The molecule has 0 aliphatic rings. The molecule has 0 saturated heterocycles. The van der Waals surface area contributed by atoms with E-state index in [0.717, 1.165) is 12.1 Å². The Morgan fingerprint density at radius 3 is 2.29 bits per heavy atom. The lowest BCUT2D eigenvalue weighted by Gasteiger charge is -2.32. The van der Waals surface area contributed by atoms with Crippen molar-refractivity contribution in [3.8, 4) is 0 Å². The molecule has 118 valence electrons. The third kappa shape index (κ3) is 4.96. The predicted octanol–water partition coefficient (Wildman–Crippen LogP) is 4.78. The molecule has 0 radical (unpaired) electrons. The Bertz CT molecular complexity index is 465. The summed E-state index contributed by atoms with van der Waals surface area (Å²) in [6.07, 6.45) is 3.61. The van der Waals surface area contributed by atoms with E-state index in [1.54, 1.807) is 0 Å². The number of carbonyl (C=O) groups is 1. The number of nitrogens with zero attached hydrogens (tertiary/aromatic N) is 1. The fourth-order valence-corrected chi connectivity index (χ4v) is 2.73. The Morgan fingerprint density at radius 2 is 1.76 bits per heavy atom. The Labute approximate surface area is 130 Å². The Hall–Kier alpha value is -1.15. The molecule has 1 aromatic rings. The summed E-state index contributed by atoms with van der Waals surface area (Å²) in [5.74, 6) is 0.239. The maximum Gasteiger partial charge on any atom is 0.179 e. The molecule has 1 aromatic carbocycles. The van der Waals surface area contributed by atoms with Gasteiger partial charge in [-0.15, -0.1) is 0 Å². The summed E-state index contributed by atoms with van der Waals surface area (Å²) in [4.78, 5) is 15.1. The van der Waals surface area contributed by atoms with Gasteiger partial charge in [0.05, 0.1) is 6.04 Å². The largest absolute Gasteiger partial charge is 0.292 e. The summed E-state index contributed by atoms with van der Waals surface area (Å²) in [6, 6.07) is 6.38. The second kappa shape index (κ2) is 8.33. The number of rotatable bonds is 8. The van der Waals surface area contributed by atoms with Gasteiger partial charge in [-0.25, -0.2) is 0 Å². The van der Waals surface area contributed by atoms with Crippen LogP contribution >= 0.6 is 0 Å². The molecule has 2 nitrogen and oxygen atoms in total. The Kier molecular flexibility index (Phi) is 7.10. The Morgan fingerprint density at radius 1 is 1.10 bits per heavy atom. The highest BCUT2D eigenvalue weighted by Crippen LogP contribution is 2.16. The van der Waals surface area contributed by atoms with Gasteiger partial charge >= 0.3 is 0 Å². The zero-order valence-electron chi connectivity index (χ0n) is 14.6. The minimum absolute atomic E-state index is 0.0519. The van der Waals surface area contributed by atoms with Gasteiger partial charge in [0.25, 0.3) is 0 Å². The third-order valence-corrected chi connectivity index (χ3v) is 4.35. The average Bonchev–Trinajstić information content (AvgIpc) is 2.44. The fraction of sp³-hybridized carbons (Fsp3) is 0.632. The van der Waals surface area contributed by atoms with Crippen LogP contribution in [0.3, 0.4) is 0 Å². The molecule has 0 N–H and O–H groups in total. The van der Waals surface area contributed by atoms with E-state index in [1.807, 2.05) is 25.1 Å². The summed E-state index contributed by atoms with van der Waals surface area (Å²) >= 11 is 0. The number of unbranched alkanes of at least 4 members (excludes halogenated alkanes) is 2. The molecular weight excluding hydrogens is 258 g/mol. The SMILES string of the molecule is CCCCCN(C(C)C)C(C)C(=O)c1ccc(C)c(C)c1. The summed E-state index contributed by atoms with van der Waals surface area (Å²) in [7, 11) is 0. The van der Waals surface area contributed by atoms with E-state index >= 15 is 0 Å². The van der Waals surface area contributed by atoms with Gasteiger partial charge in [0.1, 0.15) is 0 Å². The highest BCUT2D eigenvalue weighted by molar-refractivity contribution is 6.00. The second-order valence-electron chi connectivity index (χ2n) is 6.38. The summed E-state index contributed by atoms with van der Waals surface area (Å²) in [6.45, 7) is 13.8. The first-order chi connectivity index (χ1) is 9.88. The van der Waals surface area contributed by atoms with Gasteiger partial charge in [-0.1, -0.05) is 31.9 Å². The van der Waals surface area contributed by atoms with Crippen molar-refractivity contribution in [2.24, 2.45) is 0 Å². The summed E-state index contributed by atoms with van der Waals surface area (Å²) < 4.78 is 0. The summed E-state index contributed by atoms with van der Waals surface area (Å²) in [5, 5.41) is 0. The van der Waals surface area contributed by atoms with Crippen molar-refractivity contribution < 1.29 is 4.79 Å². The van der Waals surface area contributed by atoms with Crippen molar-refractivity contribution in [3.63, 3.8) is 0 Å². The molecule has 0 amide bonds. The monoisotopic (exact) mass is 289 g/mol. The zero-order valence-corrected chi connectivity index (χ0v) is 14.6. The van der Waals surface area contributed by atoms with Crippen LogP contribution in [0.5, 0.6) is 0 Å². The molecule has 0 aromatic heterocycles. The quantitative estimate of drug-likeness (QED) is 0.507. The van der Waals surface area contributed by atoms with Crippen LogP contribution in [0.25, 0.3) is 0 Å². The molecule has 0 saturated carbocycles.